The van der Waals surface area contributed by atoms with E-state index in [2.05, 4.69) is 10.4 Å². The molecule has 1 N–H and O–H groups in total. The van der Waals surface area contributed by atoms with Crippen molar-refractivity contribution >= 4 is 23.3 Å². The van der Waals surface area contributed by atoms with Crippen LogP contribution in [0.1, 0.15) is 18.9 Å². The Morgan fingerprint density at radius 2 is 2.26 bits per heavy atom. The number of hydrogen-bond acceptors (Lipinski definition) is 3. The number of aryl methyl sites for hydroxylation is 1. The summed E-state index contributed by atoms with van der Waals surface area (Å²) in [5, 5.41) is 7.47. The summed E-state index contributed by atoms with van der Waals surface area (Å²) in [4.78, 5) is 13.9. The number of urea groups is 1. The van der Waals surface area contributed by atoms with Crippen LogP contribution in [-0.2, 0) is 13.6 Å². The van der Waals surface area contributed by atoms with E-state index in [9.17, 15) is 4.79 Å². The van der Waals surface area contributed by atoms with E-state index in [1.165, 1.54) is 0 Å². The SMILES string of the molecule is CCCOc1ccc(Cl)cc1NC(=O)N(C)Cc1cnn(C)c1. The summed E-state index contributed by atoms with van der Waals surface area (Å²) in [5.41, 5.74) is 1.52. The maximum absolute atomic E-state index is 12.3. The fraction of sp³-hybridized carbons (Fsp3) is 0.375. The highest BCUT2D eigenvalue weighted by Crippen LogP contribution is 2.28. The summed E-state index contributed by atoms with van der Waals surface area (Å²) in [6.07, 6.45) is 4.49. The van der Waals surface area contributed by atoms with Gasteiger partial charge < -0.3 is 15.0 Å². The van der Waals surface area contributed by atoms with Crippen molar-refractivity contribution in [3.05, 3.63) is 41.2 Å². The minimum atomic E-state index is -0.238. The van der Waals surface area contributed by atoms with E-state index in [1.54, 1.807) is 41.0 Å². The molecule has 1 aromatic heterocycles. The molecule has 0 saturated carbocycles. The van der Waals surface area contributed by atoms with Crippen molar-refractivity contribution in [1.29, 1.82) is 0 Å². The second kappa shape index (κ2) is 7.87. The van der Waals surface area contributed by atoms with Gasteiger partial charge in [0.25, 0.3) is 0 Å². The monoisotopic (exact) mass is 336 g/mol. The first-order valence-electron chi connectivity index (χ1n) is 7.41. The minimum absolute atomic E-state index is 0.238. The van der Waals surface area contributed by atoms with E-state index in [4.69, 9.17) is 16.3 Å². The summed E-state index contributed by atoms with van der Waals surface area (Å²) < 4.78 is 7.34. The zero-order chi connectivity index (χ0) is 16.8. The number of hydrogen-bond donors (Lipinski definition) is 1. The molecular formula is C16H21ClN4O2. The number of rotatable bonds is 6. The highest BCUT2D eigenvalue weighted by atomic mass is 35.5. The van der Waals surface area contributed by atoms with E-state index in [1.807, 2.05) is 20.2 Å². The molecule has 0 fully saturated rings. The number of nitrogens with one attached hydrogen (secondary N) is 1. The molecule has 1 heterocycles. The van der Waals surface area contributed by atoms with Gasteiger partial charge in [-0.2, -0.15) is 5.10 Å². The lowest BCUT2D eigenvalue weighted by Crippen LogP contribution is -2.30. The second-order valence-electron chi connectivity index (χ2n) is 5.30. The number of benzene rings is 1. The summed E-state index contributed by atoms with van der Waals surface area (Å²) in [6.45, 7) is 3.07. The molecular weight excluding hydrogens is 316 g/mol. The van der Waals surface area contributed by atoms with Crippen molar-refractivity contribution in [2.75, 3.05) is 19.0 Å². The fourth-order valence-electron chi connectivity index (χ4n) is 2.05. The molecule has 1 aromatic carbocycles. The quantitative estimate of drug-likeness (QED) is 0.878. The summed E-state index contributed by atoms with van der Waals surface area (Å²) in [6, 6.07) is 4.94. The van der Waals surface area contributed by atoms with Crippen molar-refractivity contribution in [2.24, 2.45) is 7.05 Å². The van der Waals surface area contributed by atoms with Crippen LogP contribution in [0, 0.1) is 0 Å². The van der Waals surface area contributed by atoms with Crippen LogP contribution >= 0.6 is 11.6 Å². The van der Waals surface area contributed by atoms with Gasteiger partial charge in [-0.25, -0.2) is 4.79 Å². The van der Waals surface area contributed by atoms with Crippen molar-refractivity contribution in [2.45, 2.75) is 19.9 Å². The standard InChI is InChI=1S/C16H21ClN4O2/c1-4-7-23-15-6-5-13(17)8-14(15)19-16(22)20(2)10-12-9-18-21(3)11-12/h5-6,8-9,11H,4,7,10H2,1-3H3,(H,19,22). The van der Waals surface area contributed by atoms with E-state index >= 15 is 0 Å². The van der Waals surface area contributed by atoms with Crippen molar-refractivity contribution in [3.8, 4) is 5.75 Å². The average molecular weight is 337 g/mol. The number of nitrogens with zero attached hydrogens (tertiary/aromatic N) is 3. The van der Waals surface area contributed by atoms with Gasteiger partial charge in [0, 0.05) is 30.9 Å². The molecule has 0 bridgehead atoms. The normalized spacial score (nSPS) is 10.4. The largest absolute Gasteiger partial charge is 0.491 e. The lowest BCUT2D eigenvalue weighted by Gasteiger charge is -2.19. The van der Waals surface area contributed by atoms with Gasteiger partial charge in [-0.1, -0.05) is 18.5 Å². The van der Waals surface area contributed by atoms with Crippen LogP contribution in [-0.4, -0.2) is 34.4 Å². The van der Waals surface area contributed by atoms with Crippen LogP contribution < -0.4 is 10.1 Å². The van der Waals surface area contributed by atoms with E-state index in [-0.39, 0.29) is 6.03 Å². The topological polar surface area (TPSA) is 59.4 Å². The molecule has 0 atom stereocenters. The van der Waals surface area contributed by atoms with E-state index in [0.29, 0.717) is 29.6 Å². The Kier molecular flexibility index (Phi) is 5.87. The molecule has 0 unspecified atom stereocenters. The minimum Gasteiger partial charge on any atom is -0.491 e. The third kappa shape index (κ3) is 4.89. The number of halogens is 1. The predicted octanol–water partition coefficient (Wildman–Crippen LogP) is 3.53. The van der Waals surface area contributed by atoms with Crippen molar-refractivity contribution < 1.29 is 9.53 Å². The van der Waals surface area contributed by atoms with Gasteiger partial charge in [-0.3, -0.25) is 4.68 Å². The van der Waals surface area contributed by atoms with Gasteiger partial charge in [-0.05, 0) is 24.6 Å². The summed E-state index contributed by atoms with van der Waals surface area (Å²) in [5.74, 6) is 0.611. The first-order chi connectivity index (χ1) is 11.0. The number of carbonyl (C=O) groups is 1. The molecule has 124 valence electrons. The first kappa shape index (κ1) is 17.1. The van der Waals surface area contributed by atoms with Crippen molar-refractivity contribution in [1.82, 2.24) is 14.7 Å². The van der Waals surface area contributed by atoms with Gasteiger partial charge in [0.2, 0.25) is 0 Å². The number of ether oxygens (including phenoxy) is 1. The zero-order valence-corrected chi connectivity index (χ0v) is 14.3. The molecule has 0 aliphatic rings. The smallest absolute Gasteiger partial charge is 0.321 e. The summed E-state index contributed by atoms with van der Waals surface area (Å²) in [7, 11) is 3.56. The molecule has 2 aromatic rings. The molecule has 7 heteroatoms. The van der Waals surface area contributed by atoms with Gasteiger partial charge in [-0.15, -0.1) is 0 Å². The summed E-state index contributed by atoms with van der Waals surface area (Å²) >= 11 is 6.01. The number of carbonyl (C=O) groups excluding carboxylic acids is 1. The van der Waals surface area contributed by atoms with E-state index < -0.39 is 0 Å². The number of aromatic nitrogens is 2. The molecule has 0 radical (unpaired) electrons. The fourth-order valence-corrected chi connectivity index (χ4v) is 2.22. The molecule has 23 heavy (non-hydrogen) atoms. The van der Waals surface area contributed by atoms with E-state index in [0.717, 1.165) is 12.0 Å². The lowest BCUT2D eigenvalue weighted by molar-refractivity contribution is 0.220. The average Bonchev–Trinajstić information content (AvgIpc) is 2.91. The number of anilines is 1. The second-order valence-corrected chi connectivity index (χ2v) is 5.73. The molecule has 0 saturated heterocycles. The van der Waals surface area contributed by atoms with Gasteiger partial charge >= 0.3 is 6.03 Å². The van der Waals surface area contributed by atoms with Gasteiger partial charge in [0.05, 0.1) is 25.0 Å². The molecule has 0 aliphatic heterocycles. The number of amides is 2. The Morgan fingerprint density at radius 3 is 2.91 bits per heavy atom. The Labute approximate surface area is 141 Å². The van der Waals surface area contributed by atoms with Crippen LogP contribution in [0.15, 0.2) is 30.6 Å². The van der Waals surface area contributed by atoms with Gasteiger partial charge in [0.1, 0.15) is 5.75 Å². The van der Waals surface area contributed by atoms with Crippen LogP contribution in [0.5, 0.6) is 5.75 Å². The highest BCUT2D eigenvalue weighted by molar-refractivity contribution is 6.31. The Hall–Kier alpha value is -2.21. The van der Waals surface area contributed by atoms with Crippen molar-refractivity contribution in [3.63, 3.8) is 0 Å². The molecule has 2 rings (SSSR count). The molecule has 2 amide bonds. The Balaban J connectivity index is 2.04. The highest BCUT2D eigenvalue weighted by Gasteiger charge is 2.13. The maximum atomic E-state index is 12.3. The third-order valence-corrected chi connectivity index (χ3v) is 3.40. The van der Waals surface area contributed by atoms with Crippen LogP contribution in [0.4, 0.5) is 10.5 Å². The predicted molar refractivity (Wildman–Crippen MR) is 90.9 cm³/mol. The van der Waals surface area contributed by atoms with Crippen LogP contribution in [0.25, 0.3) is 0 Å². The third-order valence-electron chi connectivity index (χ3n) is 3.17. The first-order valence-corrected chi connectivity index (χ1v) is 7.79. The zero-order valence-electron chi connectivity index (χ0n) is 13.5. The Bertz CT molecular complexity index is 672. The van der Waals surface area contributed by atoms with Gasteiger partial charge in [0.15, 0.2) is 0 Å². The molecule has 0 aliphatic carbocycles. The lowest BCUT2D eigenvalue weighted by atomic mass is 10.3. The molecule has 6 nitrogen and oxygen atoms in total. The van der Waals surface area contributed by atoms with Crippen LogP contribution in [0.3, 0.4) is 0 Å². The molecule has 0 spiro atoms. The van der Waals surface area contributed by atoms with Crippen LogP contribution in [0.2, 0.25) is 5.02 Å². The maximum Gasteiger partial charge on any atom is 0.321 e. The Morgan fingerprint density at radius 1 is 1.48 bits per heavy atom.